The number of carbonyl (C=O) groups excluding carboxylic acids is 2. The van der Waals surface area contributed by atoms with Gasteiger partial charge in [0.1, 0.15) is 12.4 Å². The third kappa shape index (κ3) is 4.37. The molecule has 3 N–H and O–H groups in total. The van der Waals surface area contributed by atoms with Crippen LogP contribution in [-0.4, -0.2) is 34.3 Å². The predicted octanol–water partition coefficient (Wildman–Crippen LogP) is 2.91. The lowest BCUT2D eigenvalue weighted by Gasteiger charge is -2.15. The summed E-state index contributed by atoms with van der Waals surface area (Å²) in [4.78, 5) is 27.9. The van der Waals surface area contributed by atoms with Gasteiger partial charge in [-0.3, -0.25) is 15.2 Å². The maximum absolute atomic E-state index is 12.4. The molecule has 0 radical (unpaired) electrons. The first-order chi connectivity index (χ1) is 13.5. The molecule has 9 nitrogen and oxygen atoms in total. The summed E-state index contributed by atoms with van der Waals surface area (Å²) in [5, 5.41) is 13.0. The average molecular weight is 383 g/mol. The molecule has 3 rings (SSSR count). The van der Waals surface area contributed by atoms with Crippen LogP contribution in [0, 0.1) is 0 Å². The van der Waals surface area contributed by atoms with Crippen LogP contribution in [0.15, 0.2) is 36.4 Å². The number of pyridine rings is 1. The highest BCUT2D eigenvalue weighted by molar-refractivity contribution is 5.93. The number of carbonyl (C=O) groups is 2. The highest BCUT2D eigenvalue weighted by Gasteiger charge is 2.17. The first kappa shape index (κ1) is 19.2. The Hall–Kier alpha value is -3.62. The summed E-state index contributed by atoms with van der Waals surface area (Å²) in [6, 6.07) is 10.6. The van der Waals surface area contributed by atoms with Gasteiger partial charge in [-0.15, -0.1) is 5.10 Å². The Morgan fingerprint density at radius 2 is 2.00 bits per heavy atom. The molecule has 0 aliphatic heterocycles. The second-order valence-corrected chi connectivity index (χ2v) is 6.12. The molecule has 1 aromatic carbocycles. The van der Waals surface area contributed by atoms with E-state index in [2.05, 4.69) is 25.8 Å². The van der Waals surface area contributed by atoms with E-state index in [1.165, 1.54) is 14.0 Å². The number of hydrogen-bond acceptors (Lipinski definition) is 6. The second kappa shape index (κ2) is 8.38. The molecule has 2 aromatic heterocycles. The zero-order valence-electron chi connectivity index (χ0n) is 15.8. The molecule has 0 aliphatic carbocycles. The summed E-state index contributed by atoms with van der Waals surface area (Å²) in [6.07, 6.45) is 0. The topological polar surface area (TPSA) is 118 Å². The van der Waals surface area contributed by atoms with Crippen LogP contribution in [0.5, 0.6) is 5.88 Å². The van der Waals surface area contributed by atoms with Crippen LogP contribution in [0.25, 0.3) is 10.9 Å². The molecule has 3 aromatic rings. The van der Waals surface area contributed by atoms with Gasteiger partial charge in [-0.25, -0.2) is 9.78 Å². The number of fused-ring (bicyclic) bond motifs is 1. The van der Waals surface area contributed by atoms with E-state index < -0.39 is 12.0 Å². The Balaban J connectivity index is 1.80. The Labute approximate surface area is 161 Å². The molecule has 0 bridgehead atoms. The number of amides is 2. The lowest BCUT2D eigenvalue weighted by molar-refractivity contribution is -0.142. The van der Waals surface area contributed by atoms with Gasteiger partial charge in [0.2, 0.25) is 5.88 Å². The van der Waals surface area contributed by atoms with Crippen LogP contribution >= 0.6 is 0 Å². The summed E-state index contributed by atoms with van der Waals surface area (Å²) in [5.41, 5.74) is 2.00. The molecule has 9 heteroatoms. The van der Waals surface area contributed by atoms with Gasteiger partial charge in [-0.1, -0.05) is 30.3 Å². The second-order valence-electron chi connectivity index (χ2n) is 6.12. The molecular formula is C19H21N5O4. The molecule has 0 spiro atoms. The predicted molar refractivity (Wildman–Crippen MR) is 103 cm³/mol. The Morgan fingerprint density at radius 3 is 2.68 bits per heavy atom. The molecule has 1 atom stereocenters. The van der Waals surface area contributed by atoms with E-state index in [1.807, 2.05) is 37.3 Å². The van der Waals surface area contributed by atoms with Gasteiger partial charge in [0.05, 0.1) is 29.7 Å². The van der Waals surface area contributed by atoms with Crippen LogP contribution < -0.4 is 15.4 Å². The summed E-state index contributed by atoms with van der Waals surface area (Å²) < 4.78 is 10.3. The van der Waals surface area contributed by atoms with E-state index in [0.717, 1.165) is 5.56 Å². The molecule has 0 fully saturated rings. The third-order valence-electron chi connectivity index (χ3n) is 4.08. The van der Waals surface area contributed by atoms with Crippen molar-refractivity contribution in [1.82, 2.24) is 20.5 Å². The molecule has 2 heterocycles. The molecule has 0 saturated carbocycles. The fourth-order valence-corrected chi connectivity index (χ4v) is 2.75. The number of hydrogen-bond donors (Lipinski definition) is 3. The first-order valence-electron chi connectivity index (χ1n) is 8.65. The lowest BCUT2D eigenvalue weighted by atomic mass is 10.1. The molecular weight excluding hydrogens is 362 g/mol. The van der Waals surface area contributed by atoms with Crippen molar-refractivity contribution in [2.75, 3.05) is 12.4 Å². The SMILES string of the molecule is COc1n[nH]c2cc(NC(=O)NC(C)c3ccccc3)nc(COC(C)=O)c12. The van der Waals surface area contributed by atoms with Crippen molar-refractivity contribution in [2.24, 2.45) is 0 Å². The number of urea groups is 1. The fourth-order valence-electron chi connectivity index (χ4n) is 2.75. The van der Waals surface area contributed by atoms with Gasteiger partial charge < -0.3 is 14.8 Å². The quantitative estimate of drug-likeness (QED) is 0.563. The Kier molecular flexibility index (Phi) is 5.73. The summed E-state index contributed by atoms with van der Waals surface area (Å²) in [7, 11) is 1.48. The number of H-pyrrole nitrogens is 1. The number of methoxy groups -OCH3 is 1. The van der Waals surface area contributed by atoms with Gasteiger partial charge in [0.15, 0.2) is 0 Å². The van der Waals surface area contributed by atoms with Crippen molar-refractivity contribution in [3.8, 4) is 5.88 Å². The van der Waals surface area contributed by atoms with Crippen LogP contribution in [0.2, 0.25) is 0 Å². The van der Waals surface area contributed by atoms with Crippen LogP contribution in [0.3, 0.4) is 0 Å². The van der Waals surface area contributed by atoms with Crippen LogP contribution in [0.1, 0.15) is 31.1 Å². The van der Waals surface area contributed by atoms with E-state index >= 15 is 0 Å². The van der Waals surface area contributed by atoms with Crippen molar-refractivity contribution in [3.63, 3.8) is 0 Å². The van der Waals surface area contributed by atoms with E-state index in [0.29, 0.717) is 28.3 Å². The number of aromatic nitrogens is 3. The number of aromatic amines is 1. The Bertz CT molecular complexity index is 987. The molecule has 0 aliphatic rings. The lowest BCUT2D eigenvalue weighted by Crippen LogP contribution is -2.31. The maximum atomic E-state index is 12.4. The third-order valence-corrected chi connectivity index (χ3v) is 4.08. The minimum Gasteiger partial charge on any atom is -0.479 e. The van der Waals surface area contributed by atoms with Crippen molar-refractivity contribution < 1.29 is 19.1 Å². The standard InChI is InChI=1S/C19H21N5O4/c1-11(13-7-5-4-6-8-13)20-19(26)22-16-9-14-17(18(27-3)24-23-14)15(21-16)10-28-12(2)25/h4-9,11H,10H2,1-3H3,(H,23,24)(H2,20,21,22,26). The summed E-state index contributed by atoms with van der Waals surface area (Å²) >= 11 is 0. The first-order valence-corrected chi connectivity index (χ1v) is 8.65. The van der Waals surface area contributed by atoms with Crippen molar-refractivity contribution in [3.05, 3.63) is 47.7 Å². The summed E-state index contributed by atoms with van der Waals surface area (Å²) in [6.45, 7) is 3.13. The Morgan fingerprint density at radius 1 is 1.25 bits per heavy atom. The minimum absolute atomic E-state index is 0.0702. The number of benzene rings is 1. The number of ether oxygens (including phenoxy) is 2. The number of nitrogens with one attached hydrogen (secondary N) is 3. The monoisotopic (exact) mass is 383 g/mol. The number of rotatable bonds is 6. The van der Waals surface area contributed by atoms with Crippen LogP contribution in [0.4, 0.5) is 10.6 Å². The highest BCUT2D eigenvalue weighted by Crippen LogP contribution is 2.28. The van der Waals surface area contributed by atoms with E-state index in [9.17, 15) is 9.59 Å². The average Bonchev–Trinajstić information content (AvgIpc) is 3.09. The van der Waals surface area contributed by atoms with Gasteiger partial charge >= 0.3 is 12.0 Å². The summed E-state index contributed by atoms with van der Waals surface area (Å²) in [5.74, 6) is 0.183. The normalized spacial score (nSPS) is 11.7. The number of nitrogens with zero attached hydrogens (tertiary/aromatic N) is 2. The molecule has 0 saturated heterocycles. The zero-order chi connectivity index (χ0) is 20.1. The van der Waals surface area contributed by atoms with Crippen LogP contribution in [-0.2, 0) is 16.1 Å². The highest BCUT2D eigenvalue weighted by atomic mass is 16.5. The van der Waals surface area contributed by atoms with Gasteiger partial charge in [0, 0.05) is 13.0 Å². The van der Waals surface area contributed by atoms with Gasteiger partial charge in [-0.05, 0) is 12.5 Å². The molecule has 28 heavy (non-hydrogen) atoms. The van der Waals surface area contributed by atoms with Crippen molar-refractivity contribution in [1.29, 1.82) is 0 Å². The minimum atomic E-state index is -0.440. The van der Waals surface area contributed by atoms with E-state index in [1.54, 1.807) is 6.07 Å². The zero-order valence-corrected chi connectivity index (χ0v) is 15.8. The largest absolute Gasteiger partial charge is 0.479 e. The number of anilines is 1. The molecule has 2 amide bonds. The van der Waals surface area contributed by atoms with E-state index in [-0.39, 0.29) is 12.6 Å². The maximum Gasteiger partial charge on any atom is 0.320 e. The van der Waals surface area contributed by atoms with E-state index in [4.69, 9.17) is 9.47 Å². The van der Waals surface area contributed by atoms with Crippen molar-refractivity contribution in [2.45, 2.75) is 26.5 Å². The smallest absolute Gasteiger partial charge is 0.320 e. The molecule has 1 unspecified atom stereocenters. The molecule has 146 valence electrons. The van der Waals surface area contributed by atoms with Crippen molar-refractivity contribution >= 4 is 28.7 Å². The van der Waals surface area contributed by atoms with Gasteiger partial charge in [-0.2, -0.15) is 0 Å². The number of esters is 1. The van der Waals surface area contributed by atoms with Gasteiger partial charge in [0.25, 0.3) is 0 Å². The fraction of sp³-hybridized carbons (Fsp3) is 0.263.